The van der Waals surface area contributed by atoms with Gasteiger partial charge in [-0.3, -0.25) is 0 Å². The first-order valence-corrected chi connectivity index (χ1v) is 7.55. The summed E-state index contributed by atoms with van der Waals surface area (Å²) >= 11 is 6.18. The molecule has 0 amide bonds. The highest BCUT2D eigenvalue weighted by Gasteiger charge is 2.40. The summed E-state index contributed by atoms with van der Waals surface area (Å²) in [6.45, 7) is 2.99. The van der Waals surface area contributed by atoms with E-state index in [4.69, 9.17) is 16.3 Å². The molecule has 0 spiro atoms. The highest BCUT2D eigenvalue weighted by Crippen LogP contribution is 2.39. The summed E-state index contributed by atoms with van der Waals surface area (Å²) in [5, 5.41) is 4.12. The van der Waals surface area contributed by atoms with Crippen molar-refractivity contribution in [2.75, 3.05) is 11.9 Å². The second-order valence-corrected chi connectivity index (χ2v) is 5.81. The van der Waals surface area contributed by atoms with Crippen LogP contribution in [0.25, 0.3) is 0 Å². The predicted octanol–water partition coefficient (Wildman–Crippen LogP) is 3.06. The molecule has 3 rings (SSSR count). The quantitative estimate of drug-likeness (QED) is 0.843. The maximum absolute atomic E-state index is 6.18. The first-order valence-electron chi connectivity index (χ1n) is 7.17. The number of hydrogen-bond acceptors (Lipinski definition) is 4. The Morgan fingerprint density at radius 1 is 1.37 bits per heavy atom. The normalized spacial score (nSPS) is 26.6. The molecule has 1 aliphatic carbocycles. The van der Waals surface area contributed by atoms with Gasteiger partial charge in [0.1, 0.15) is 17.3 Å². The van der Waals surface area contributed by atoms with Crippen molar-refractivity contribution < 1.29 is 4.74 Å². The Morgan fingerprint density at radius 2 is 2.21 bits per heavy atom. The Morgan fingerprint density at radius 3 is 2.95 bits per heavy atom. The largest absolute Gasteiger partial charge is 0.376 e. The summed E-state index contributed by atoms with van der Waals surface area (Å²) < 4.78 is 5.85. The van der Waals surface area contributed by atoms with Gasteiger partial charge in [-0.15, -0.1) is 0 Å². The first-order chi connectivity index (χ1) is 9.29. The molecule has 2 aliphatic rings. The standard InChI is InChI=1S/C14H20ClN3O/c1-2-3-10-13(15)16-8-17-14(10)18-11-6-7-19-12(11)9-4-5-9/h8-9,11-12H,2-7H2,1H3,(H,16,17,18). The predicted molar refractivity (Wildman–Crippen MR) is 75.5 cm³/mol. The molecule has 1 saturated carbocycles. The van der Waals surface area contributed by atoms with Crippen molar-refractivity contribution in [1.29, 1.82) is 0 Å². The van der Waals surface area contributed by atoms with Gasteiger partial charge in [-0.25, -0.2) is 9.97 Å². The van der Waals surface area contributed by atoms with E-state index < -0.39 is 0 Å². The summed E-state index contributed by atoms with van der Waals surface area (Å²) in [4.78, 5) is 8.46. The number of halogens is 1. The van der Waals surface area contributed by atoms with Gasteiger partial charge < -0.3 is 10.1 Å². The van der Waals surface area contributed by atoms with Crippen molar-refractivity contribution in [2.45, 2.75) is 51.2 Å². The Bertz CT molecular complexity index is 450. The summed E-state index contributed by atoms with van der Waals surface area (Å²) in [6, 6.07) is 0.370. The molecule has 4 nitrogen and oxygen atoms in total. The van der Waals surface area contributed by atoms with Gasteiger partial charge in [-0.05, 0) is 31.6 Å². The Balaban J connectivity index is 1.76. The van der Waals surface area contributed by atoms with Crippen molar-refractivity contribution in [3.05, 3.63) is 17.0 Å². The SMILES string of the molecule is CCCc1c(Cl)ncnc1NC1CCOC1C1CC1. The topological polar surface area (TPSA) is 47.0 Å². The maximum atomic E-state index is 6.18. The van der Waals surface area contributed by atoms with Gasteiger partial charge in [0.25, 0.3) is 0 Å². The van der Waals surface area contributed by atoms with E-state index in [1.165, 1.54) is 19.2 Å². The van der Waals surface area contributed by atoms with Crippen LogP contribution in [0.1, 0.15) is 38.2 Å². The number of rotatable bonds is 5. The molecule has 1 aliphatic heterocycles. The molecule has 2 unspecified atom stereocenters. The van der Waals surface area contributed by atoms with E-state index in [-0.39, 0.29) is 0 Å². The fraction of sp³-hybridized carbons (Fsp3) is 0.714. The number of nitrogens with one attached hydrogen (secondary N) is 1. The number of nitrogens with zero attached hydrogens (tertiary/aromatic N) is 2. The van der Waals surface area contributed by atoms with E-state index in [1.54, 1.807) is 0 Å². The fourth-order valence-electron chi connectivity index (χ4n) is 2.82. The molecule has 0 aromatic carbocycles. The van der Waals surface area contributed by atoms with Crippen molar-refractivity contribution in [3.8, 4) is 0 Å². The van der Waals surface area contributed by atoms with Crippen molar-refractivity contribution in [1.82, 2.24) is 9.97 Å². The number of hydrogen-bond donors (Lipinski definition) is 1. The number of ether oxygens (including phenoxy) is 1. The summed E-state index contributed by atoms with van der Waals surface area (Å²) in [5.41, 5.74) is 1.04. The lowest BCUT2D eigenvalue weighted by molar-refractivity contribution is 0.0898. The van der Waals surface area contributed by atoms with E-state index in [2.05, 4.69) is 22.2 Å². The van der Waals surface area contributed by atoms with E-state index in [9.17, 15) is 0 Å². The van der Waals surface area contributed by atoms with Crippen LogP contribution in [-0.4, -0.2) is 28.7 Å². The monoisotopic (exact) mass is 281 g/mol. The number of anilines is 1. The molecular formula is C14H20ClN3O. The molecule has 5 heteroatoms. The molecule has 19 heavy (non-hydrogen) atoms. The van der Waals surface area contributed by atoms with Crippen LogP contribution in [0, 0.1) is 5.92 Å². The van der Waals surface area contributed by atoms with Crippen molar-refractivity contribution in [2.24, 2.45) is 5.92 Å². The minimum Gasteiger partial charge on any atom is -0.376 e. The Kier molecular flexibility index (Phi) is 3.89. The van der Waals surface area contributed by atoms with Crippen molar-refractivity contribution >= 4 is 17.4 Å². The third kappa shape index (κ3) is 2.84. The van der Waals surface area contributed by atoms with Crippen LogP contribution in [0.5, 0.6) is 0 Å². The van der Waals surface area contributed by atoms with E-state index >= 15 is 0 Å². The van der Waals surface area contributed by atoms with Crippen LogP contribution in [-0.2, 0) is 11.2 Å². The molecule has 2 fully saturated rings. The highest BCUT2D eigenvalue weighted by atomic mass is 35.5. The molecule has 1 saturated heterocycles. The molecule has 2 heterocycles. The zero-order valence-corrected chi connectivity index (χ0v) is 12.0. The van der Waals surface area contributed by atoms with Crippen LogP contribution in [0.2, 0.25) is 5.15 Å². The smallest absolute Gasteiger partial charge is 0.137 e. The van der Waals surface area contributed by atoms with Gasteiger partial charge in [0, 0.05) is 12.2 Å². The zero-order chi connectivity index (χ0) is 13.2. The lowest BCUT2D eigenvalue weighted by Gasteiger charge is -2.21. The van der Waals surface area contributed by atoms with Gasteiger partial charge >= 0.3 is 0 Å². The van der Waals surface area contributed by atoms with Gasteiger partial charge in [0.2, 0.25) is 0 Å². The lowest BCUT2D eigenvalue weighted by atomic mass is 10.1. The van der Waals surface area contributed by atoms with E-state index in [0.717, 1.165) is 43.2 Å². The summed E-state index contributed by atoms with van der Waals surface area (Å²) in [6.07, 6.45) is 7.48. The number of aromatic nitrogens is 2. The van der Waals surface area contributed by atoms with Gasteiger partial charge in [-0.1, -0.05) is 24.9 Å². The third-order valence-corrected chi connectivity index (χ3v) is 4.26. The average Bonchev–Trinajstić information content (AvgIpc) is 3.14. The van der Waals surface area contributed by atoms with E-state index in [0.29, 0.717) is 17.3 Å². The van der Waals surface area contributed by atoms with Crippen LogP contribution in [0.4, 0.5) is 5.82 Å². The fourth-order valence-corrected chi connectivity index (χ4v) is 3.05. The lowest BCUT2D eigenvalue weighted by Crippen LogP contribution is -2.31. The van der Waals surface area contributed by atoms with Crippen LogP contribution >= 0.6 is 11.6 Å². The molecular weight excluding hydrogens is 262 g/mol. The van der Waals surface area contributed by atoms with E-state index in [1.807, 2.05) is 0 Å². The molecule has 104 valence electrons. The molecule has 0 bridgehead atoms. The molecule has 0 radical (unpaired) electrons. The van der Waals surface area contributed by atoms with Gasteiger partial charge in [0.15, 0.2) is 0 Å². The van der Waals surface area contributed by atoms with Gasteiger partial charge in [-0.2, -0.15) is 0 Å². The second-order valence-electron chi connectivity index (χ2n) is 5.45. The maximum Gasteiger partial charge on any atom is 0.137 e. The zero-order valence-electron chi connectivity index (χ0n) is 11.2. The summed E-state index contributed by atoms with van der Waals surface area (Å²) in [7, 11) is 0. The third-order valence-electron chi connectivity index (χ3n) is 3.94. The second kappa shape index (κ2) is 5.63. The molecule has 1 aromatic heterocycles. The molecule has 1 N–H and O–H groups in total. The molecule has 1 aromatic rings. The molecule has 2 atom stereocenters. The minimum absolute atomic E-state index is 0.350. The first kappa shape index (κ1) is 13.1. The average molecular weight is 282 g/mol. The van der Waals surface area contributed by atoms with Crippen LogP contribution in [0.3, 0.4) is 0 Å². The van der Waals surface area contributed by atoms with Crippen molar-refractivity contribution in [3.63, 3.8) is 0 Å². The Labute approximate surface area is 118 Å². The minimum atomic E-state index is 0.350. The Hall–Kier alpha value is -0.870. The highest BCUT2D eigenvalue weighted by molar-refractivity contribution is 6.30. The van der Waals surface area contributed by atoms with Gasteiger partial charge in [0.05, 0.1) is 12.1 Å². The van der Waals surface area contributed by atoms with Crippen LogP contribution < -0.4 is 5.32 Å². The van der Waals surface area contributed by atoms with Crippen LogP contribution in [0.15, 0.2) is 6.33 Å². The summed E-state index contributed by atoms with van der Waals surface area (Å²) in [5.74, 6) is 1.63.